The maximum Gasteiger partial charge on any atom is 0.326 e. The first-order valence-electron chi connectivity index (χ1n) is 11.6. The van der Waals surface area contributed by atoms with Crippen molar-refractivity contribution in [1.82, 2.24) is 14.5 Å². The van der Waals surface area contributed by atoms with E-state index in [9.17, 15) is 14.4 Å². The molecule has 0 spiro atoms. The average molecular weight is 456 g/mol. The number of ketones is 2. The van der Waals surface area contributed by atoms with E-state index in [1.54, 1.807) is 36.4 Å². The van der Waals surface area contributed by atoms with Crippen molar-refractivity contribution in [2.24, 2.45) is 0 Å². The standard InChI is InChI=1S/C28H29N3O3/c1-2-3-5-10-24-20-31(28(34)29-24)25-15-17-30(18-16-25)19-21-11-13-23(14-12-21)27(33)26(32)22-8-6-4-7-9-22/h2-14,20,25H,15-19H2,1H3,(H,29,34)/b3-2-,10-5-. The van der Waals surface area contributed by atoms with E-state index < -0.39 is 11.6 Å². The van der Waals surface area contributed by atoms with Crippen LogP contribution in [0.1, 0.15) is 57.8 Å². The van der Waals surface area contributed by atoms with Crippen molar-refractivity contribution in [3.05, 3.63) is 112 Å². The number of imidazole rings is 1. The number of aromatic amines is 1. The highest BCUT2D eigenvalue weighted by Gasteiger charge is 2.22. The quantitative estimate of drug-likeness (QED) is 0.304. The number of nitrogens with one attached hydrogen (secondary N) is 1. The monoisotopic (exact) mass is 455 g/mol. The number of piperidine rings is 1. The fourth-order valence-corrected chi connectivity index (χ4v) is 4.28. The van der Waals surface area contributed by atoms with Crippen LogP contribution in [0.15, 0.2) is 83.8 Å². The first-order chi connectivity index (χ1) is 16.5. The molecule has 1 N–H and O–H groups in total. The lowest BCUT2D eigenvalue weighted by Gasteiger charge is -2.32. The molecule has 0 unspecified atom stereocenters. The largest absolute Gasteiger partial charge is 0.326 e. The second-order valence-corrected chi connectivity index (χ2v) is 8.54. The van der Waals surface area contributed by atoms with Crippen molar-refractivity contribution < 1.29 is 9.59 Å². The molecule has 1 fully saturated rings. The molecule has 1 aliphatic heterocycles. The number of likely N-dealkylation sites (tertiary alicyclic amines) is 1. The van der Waals surface area contributed by atoms with Gasteiger partial charge in [-0.1, -0.05) is 72.8 Å². The number of rotatable bonds is 8. The van der Waals surface area contributed by atoms with E-state index in [-0.39, 0.29) is 11.7 Å². The van der Waals surface area contributed by atoms with Crippen LogP contribution < -0.4 is 5.69 Å². The van der Waals surface area contributed by atoms with Gasteiger partial charge < -0.3 is 4.98 Å². The topological polar surface area (TPSA) is 75.2 Å². The van der Waals surface area contributed by atoms with Gasteiger partial charge in [0.1, 0.15) is 0 Å². The van der Waals surface area contributed by atoms with Gasteiger partial charge in [0.2, 0.25) is 11.6 Å². The summed E-state index contributed by atoms with van der Waals surface area (Å²) in [5, 5.41) is 0. The summed E-state index contributed by atoms with van der Waals surface area (Å²) in [5.41, 5.74) is 2.65. The van der Waals surface area contributed by atoms with Crippen LogP contribution in [0.4, 0.5) is 0 Å². The van der Waals surface area contributed by atoms with Gasteiger partial charge in [0.25, 0.3) is 0 Å². The number of H-pyrrole nitrogens is 1. The van der Waals surface area contributed by atoms with E-state index in [0.717, 1.165) is 43.7 Å². The fourth-order valence-electron chi connectivity index (χ4n) is 4.28. The van der Waals surface area contributed by atoms with Crippen molar-refractivity contribution in [2.45, 2.75) is 32.4 Å². The van der Waals surface area contributed by atoms with Gasteiger partial charge >= 0.3 is 5.69 Å². The maximum absolute atomic E-state index is 12.5. The molecule has 4 rings (SSSR count). The molecule has 0 atom stereocenters. The molecule has 2 aromatic carbocycles. The first kappa shape index (κ1) is 23.4. The summed E-state index contributed by atoms with van der Waals surface area (Å²) < 4.78 is 1.82. The summed E-state index contributed by atoms with van der Waals surface area (Å²) >= 11 is 0. The van der Waals surface area contributed by atoms with Gasteiger partial charge in [-0.2, -0.15) is 0 Å². The Kier molecular flexibility index (Phi) is 7.50. The lowest BCUT2D eigenvalue weighted by atomic mass is 10.00. The Balaban J connectivity index is 1.32. The summed E-state index contributed by atoms with van der Waals surface area (Å²) in [6.07, 6.45) is 11.4. The van der Waals surface area contributed by atoms with Gasteiger partial charge in [0.15, 0.2) is 0 Å². The number of Topliss-reactive ketones (excluding diaryl/α,β-unsaturated/α-hetero) is 2. The maximum atomic E-state index is 12.5. The summed E-state index contributed by atoms with van der Waals surface area (Å²) in [6, 6.07) is 16.1. The van der Waals surface area contributed by atoms with Crippen molar-refractivity contribution in [3.63, 3.8) is 0 Å². The van der Waals surface area contributed by atoms with Crippen LogP contribution in [0.25, 0.3) is 6.08 Å². The van der Waals surface area contributed by atoms with Crippen molar-refractivity contribution >= 4 is 17.6 Å². The number of allylic oxidation sites excluding steroid dienone is 3. The molecule has 1 saturated heterocycles. The molecule has 0 bridgehead atoms. The fraction of sp³-hybridized carbons (Fsp3) is 0.250. The van der Waals surface area contributed by atoms with Gasteiger partial charge in [0, 0.05) is 43.0 Å². The first-order valence-corrected chi connectivity index (χ1v) is 11.6. The zero-order valence-electron chi connectivity index (χ0n) is 19.3. The zero-order valence-corrected chi connectivity index (χ0v) is 19.3. The predicted molar refractivity (Wildman–Crippen MR) is 134 cm³/mol. The smallest absolute Gasteiger partial charge is 0.306 e. The Labute approximate surface area is 199 Å². The van der Waals surface area contributed by atoms with E-state index in [0.29, 0.717) is 11.1 Å². The number of benzene rings is 2. The summed E-state index contributed by atoms with van der Waals surface area (Å²) in [5.74, 6) is -0.980. The summed E-state index contributed by atoms with van der Waals surface area (Å²) in [4.78, 5) is 42.5. The molecule has 6 nitrogen and oxygen atoms in total. The highest BCUT2D eigenvalue weighted by atomic mass is 16.2. The van der Waals surface area contributed by atoms with Gasteiger partial charge in [-0.15, -0.1) is 0 Å². The van der Waals surface area contributed by atoms with E-state index >= 15 is 0 Å². The molecule has 0 radical (unpaired) electrons. The number of hydrogen-bond acceptors (Lipinski definition) is 4. The number of hydrogen-bond donors (Lipinski definition) is 1. The third-order valence-electron chi connectivity index (χ3n) is 6.16. The molecule has 0 aliphatic carbocycles. The second kappa shape index (κ2) is 10.9. The van der Waals surface area contributed by atoms with Gasteiger partial charge in [0.05, 0.1) is 5.69 Å². The van der Waals surface area contributed by atoms with E-state index in [2.05, 4.69) is 9.88 Å². The molecular weight excluding hydrogens is 426 g/mol. The number of aromatic nitrogens is 2. The molecule has 0 amide bonds. The van der Waals surface area contributed by atoms with Crippen LogP contribution >= 0.6 is 0 Å². The Bertz CT molecular complexity index is 1240. The molecule has 2 heterocycles. The van der Waals surface area contributed by atoms with Crippen molar-refractivity contribution in [1.29, 1.82) is 0 Å². The molecule has 6 heteroatoms. The number of carbonyl (C=O) groups is 2. The average Bonchev–Trinajstić information content (AvgIpc) is 3.25. The number of nitrogens with zero attached hydrogens (tertiary/aromatic N) is 2. The summed E-state index contributed by atoms with van der Waals surface area (Å²) in [6.45, 7) is 4.50. The molecule has 1 aliphatic rings. The van der Waals surface area contributed by atoms with Gasteiger partial charge in [-0.3, -0.25) is 19.1 Å². The van der Waals surface area contributed by atoms with Gasteiger partial charge in [-0.25, -0.2) is 4.79 Å². The predicted octanol–water partition coefficient (Wildman–Crippen LogP) is 4.67. The third-order valence-corrected chi connectivity index (χ3v) is 6.16. The Morgan fingerprint density at radius 3 is 2.24 bits per heavy atom. The van der Waals surface area contributed by atoms with E-state index in [4.69, 9.17) is 0 Å². The highest BCUT2D eigenvalue weighted by molar-refractivity contribution is 6.49. The Morgan fingerprint density at radius 2 is 1.59 bits per heavy atom. The Morgan fingerprint density at radius 1 is 0.941 bits per heavy atom. The third kappa shape index (κ3) is 5.58. The minimum absolute atomic E-state index is 0.0658. The SMILES string of the molecule is C/C=C\C=C/c1cn(C2CCN(Cc3ccc(C(=O)C(=O)c4ccccc4)cc3)CC2)c(=O)[nH]1. The molecule has 1 aromatic heterocycles. The number of carbonyl (C=O) groups excluding carboxylic acids is 2. The van der Waals surface area contributed by atoms with Crippen LogP contribution in [0.3, 0.4) is 0 Å². The van der Waals surface area contributed by atoms with Crippen LogP contribution in [-0.2, 0) is 6.54 Å². The highest BCUT2D eigenvalue weighted by Crippen LogP contribution is 2.23. The molecule has 174 valence electrons. The van der Waals surface area contributed by atoms with E-state index in [1.807, 2.05) is 60.2 Å². The molecular formula is C28H29N3O3. The second-order valence-electron chi connectivity index (χ2n) is 8.54. The normalized spacial score (nSPS) is 15.3. The lowest BCUT2D eigenvalue weighted by molar-refractivity contribution is 0.0817. The van der Waals surface area contributed by atoms with Crippen LogP contribution in [-0.4, -0.2) is 39.1 Å². The minimum atomic E-state index is -0.490. The lowest BCUT2D eigenvalue weighted by Crippen LogP contribution is -2.36. The van der Waals surface area contributed by atoms with Crippen LogP contribution in [0.2, 0.25) is 0 Å². The van der Waals surface area contributed by atoms with Crippen LogP contribution in [0, 0.1) is 0 Å². The van der Waals surface area contributed by atoms with E-state index in [1.165, 1.54) is 0 Å². The van der Waals surface area contributed by atoms with Crippen LogP contribution in [0.5, 0.6) is 0 Å². The molecule has 0 saturated carbocycles. The van der Waals surface area contributed by atoms with Gasteiger partial charge in [-0.05, 0) is 31.4 Å². The van der Waals surface area contributed by atoms with Crippen molar-refractivity contribution in [2.75, 3.05) is 13.1 Å². The molecule has 3 aromatic rings. The van der Waals surface area contributed by atoms with Crippen molar-refractivity contribution in [3.8, 4) is 0 Å². The zero-order chi connectivity index (χ0) is 23.9. The Hall–Kier alpha value is -3.77. The molecule has 34 heavy (non-hydrogen) atoms. The summed E-state index contributed by atoms with van der Waals surface area (Å²) in [7, 11) is 0. The minimum Gasteiger partial charge on any atom is -0.306 e.